The maximum atomic E-state index is 5.73. The van der Waals surface area contributed by atoms with Gasteiger partial charge in [-0.3, -0.25) is 0 Å². The molecule has 1 aliphatic rings. The summed E-state index contributed by atoms with van der Waals surface area (Å²) >= 11 is 3.44. The molecule has 0 heterocycles. The Hall–Kier alpha value is -0.0500. The van der Waals surface area contributed by atoms with Crippen LogP contribution in [0.15, 0.2) is 28.7 Å². The van der Waals surface area contributed by atoms with Gasteiger partial charge in [0.15, 0.2) is 0 Å². The number of nitrogens with two attached hydrogens (primary N) is 1. The second-order valence-electron chi connectivity index (χ2n) is 3.06. The summed E-state index contributed by atoms with van der Waals surface area (Å²) in [4.78, 5) is 0. The fraction of sp³-hybridized carbons (Fsp3) is 0.333. The predicted molar refractivity (Wildman–Crippen MR) is 56.7 cm³/mol. The van der Waals surface area contributed by atoms with Crippen LogP contribution in [0.2, 0.25) is 0 Å². The second kappa shape index (κ2) is 3.77. The van der Waals surface area contributed by atoms with E-state index in [0.29, 0.717) is 12.0 Å². The van der Waals surface area contributed by atoms with Gasteiger partial charge in [0.25, 0.3) is 0 Å². The van der Waals surface area contributed by atoms with E-state index >= 15 is 0 Å². The fourth-order valence-corrected chi connectivity index (χ4v) is 1.75. The van der Waals surface area contributed by atoms with Crippen LogP contribution in [-0.4, -0.2) is 6.04 Å². The lowest BCUT2D eigenvalue weighted by Crippen LogP contribution is -2.00. The number of halogens is 2. The Kier molecular flexibility index (Phi) is 3.16. The van der Waals surface area contributed by atoms with Crippen LogP contribution in [0.4, 0.5) is 0 Å². The van der Waals surface area contributed by atoms with Gasteiger partial charge < -0.3 is 5.73 Å². The summed E-state index contributed by atoms with van der Waals surface area (Å²) in [7, 11) is 0. The summed E-state index contributed by atoms with van der Waals surface area (Å²) in [6.45, 7) is 0. The Morgan fingerprint density at radius 2 is 2.08 bits per heavy atom. The SMILES string of the molecule is Cl.N[C@@H]1C[C@@H]1c1cccc(Br)c1. The van der Waals surface area contributed by atoms with E-state index in [9.17, 15) is 0 Å². The number of hydrogen-bond donors (Lipinski definition) is 1. The third-order valence-electron chi connectivity index (χ3n) is 2.12. The highest BCUT2D eigenvalue weighted by Gasteiger charge is 2.34. The van der Waals surface area contributed by atoms with Gasteiger partial charge in [-0.25, -0.2) is 0 Å². The smallest absolute Gasteiger partial charge is 0.0178 e. The first-order valence-corrected chi connectivity index (χ1v) is 4.58. The van der Waals surface area contributed by atoms with Crippen LogP contribution >= 0.6 is 28.3 Å². The molecule has 1 fully saturated rings. The zero-order chi connectivity index (χ0) is 7.84. The molecule has 66 valence electrons. The van der Waals surface area contributed by atoms with E-state index < -0.39 is 0 Å². The van der Waals surface area contributed by atoms with E-state index in [0.717, 1.165) is 10.9 Å². The lowest BCUT2D eigenvalue weighted by molar-refractivity contribution is 0.989. The molecule has 0 saturated heterocycles. The van der Waals surface area contributed by atoms with E-state index in [4.69, 9.17) is 5.73 Å². The van der Waals surface area contributed by atoms with Crippen LogP contribution < -0.4 is 5.73 Å². The number of benzene rings is 1. The molecule has 0 aromatic heterocycles. The number of rotatable bonds is 1. The van der Waals surface area contributed by atoms with Crippen molar-refractivity contribution in [1.29, 1.82) is 0 Å². The first-order valence-electron chi connectivity index (χ1n) is 3.78. The second-order valence-corrected chi connectivity index (χ2v) is 3.98. The average molecular weight is 249 g/mol. The van der Waals surface area contributed by atoms with Crippen molar-refractivity contribution >= 4 is 28.3 Å². The molecule has 1 aliphatic carbocycles. The van der Waals surface area contributed by atoms with Gasteiger partial charge in [0.1, 0.15) is 0 Å². The van der Waals surface area contributed by atoms with E-state index in [1.54, 1.807) is 0 Å². The first-order chi connectivity index (χ1) is 5.27. The zero-order valence-electron chi connectivity index (χ0n) is 6.53. The third-order valence-corrected chi connectivity index (χ3v) is 2.61. The Morgan fingerprint density at radius 3 is 2.58 bits per heavy atom. The highest BCUT2D eigenvalue weighted by Crippen LogP contribution is 2.39. The van der Waals surface area contributed by atoms with E-state index in [1.165, 1.54) is 5.56 Å². The van der Waals surface area contributed by atoms with Crippen LogP contribution in [0.1, 0.15) is 17.9 Å². The van der Waals surface area contributed by atoms with Gasteiger partial charge in [-0.2, -0.15) is 0 Å². The molecule has 2 atom stereocenters. The van der Waals surface area contributed by atoms with Gasteiger partial charge >= 0.3 is 0 Å². The molecule has 0 aliphatic heterocycles. The maximum Gasteiger partial charge on any atom is 0.0178 e. The van der Waals surface area contributed by atoms with E-state index in [1.807, 2.05) is 6.07 Å². The van der Waals surface area contributed by atoms with Crippen molar-refractivity contribution in [2.75, 3.05) is 0 Å². The van der Waals surface area contributed by atoms with E-state index in [2.05, 4.69) is 34.1 Å². The van der Waals surface area contributed by atoms with Crippen LogP contribution in [0.3, 0.4) is 0 Å². The first kappa shape index (κ1) is 10.0. The van der Waals surface area contributed by atoms with Crippen molar-refractivity contribution in [3.63, 3.8) is 0 Å². The molecule has 3 heteroatoms. The van der Waals surface area contributed by atoms with Crippen molar-refractivity contribution in [3.05, 3.63) is 34.3 Å². The number of hydrogen-bond acceptors (Lipinski definition) is 1. The molecule has 0 radical (unpaired) electrons. The summed E-state index contributed by atoms with van der Waals surface area (Å²) in [6, 6.07) is 8.80. The summed E-state index contributed by atoms with van der Waals surface area (Å²) < 4.78 is 1.15. The van der Waals surface area contributed by atoms with E-state index in [-0.39, 0.29) is 12.4 Å². The molecule has 0 bridgehead atoms. The molecule has 1 saturated carbocycles. The molecular weight excluding hydrogens is 237 g/mol. The Morgan fingerprint density at radius 1 is 1.42 bits per heavy atom. The van der Waals surface area contributed by atoms with Crippen molar-refractivity contribution in [2.24, 2.45) is 5.73 Å². The molecule has 2 rings (SSSR count). The summed E-state index contributed by atoms with van der Waals surface area (Å²) in [5.41, 5.74) is 7.10. The van der Waals surface area contributed by atoms with Gasteiger partial charge in [0.2, 0.25) is 0 Å². The Bertz CT molecular complexity index is 277. The van der Waals surface area contributed by atoms with Gasteiger partial charge in [-0.05, 0) is 24.1 Å². The highest BCUT2D eigenvalue weighted by molar-refractivity contribution is 9.10. The molecule has 0 unspecified atom stereocenters. The van der Waals surface area contributed by atoms with Crippen molar-refractivity contribution in [3.8, 4) is 0 Å². The largest absolute Gasteiger partial charge is 0.327 e. The van der Waals surface area contributed by atoms with Crippen LogP contribution in [-0.2, 0) is 0 Å². The van der Waals surface area contributed by atoms with Gasteiger partial charge in [-0.15, -0.1) is 12.4 Å². The van der Waals surface area contributed by atoms with Crippen molar-refractivity contribution < 1.29 is 0 Å². The minimum absolute atomic E-state index is 0. The van der Waals surface area contributed by atoms with Gasteiger partial charge in [0.05, 0.1) is 0 Å². The Balaban J connectivity index is 0.000000720. The quantitative estimate of drug-likeness (QED) is 0.812. The van der Waals surface area contributed by atoms with Gasteiger partial charge in [0, 0.05) is 16.4 Å². The third kappa shape index (κ3) is 2.00. The van der Waals surface area contributed by atoms with Crippen molar-refractivity contribution in [1.82, 2.24) is 0 Å². The lowest BCUT2D eigenvalue weighted by atomic mass is 10.1. The maximum absolute atomic E-state index is 5.73. The molecule has 0 spiro atoms. The monoisotopic (exact) mass is 247 g/mol. The summed E-state index contributed by atoms with van der Waals surface area (Å²) in [5.74, 6) is 0.618. The fourth-order valence-electron chi connectivity index (χ4n) is 1.34. The van der Waals surface area contributed by atoms with Gasteiger partial charge in [-0.1, -0.05) is 28.1 Å². The Labute approximate surface area is 86.9 Å². The van der Waals surface area contributed by atoms with Crippen LogP contribution in [0, 0.1) is 0 Å². The zero-order valence-corrected chi connectivity index (χ0v) is 8.94. The molecule has 1 nitrogen and oxygen atoms in total. The van der Waals surface area contributed by atoms with Crippen LogP contribution in [0.25, 0.3) is 0 Å². The topological polar surface area (TPSA) is 26.0 Å². The minimum atomic E-state index is 0. The standard InChI is InChI=1S/C9H10BrN.ClH/c10-7-3-1-2-6(4-7)8-5-9(8)11;/h1-4,8-9H,5,11H2;1H/t8-,9-;/m1./s1. The normalized spacial score (nSPS) is 26.2. The van der Waals surface area contributed by atoms with Crippen molar-refractivity contribution in [2.45, 2.75) is 18.4 Å². The molecule has 1 aromatic carbocycles. The molecule has 2 N–H and O–H groups in total. The average Bonchev–Trinajstić information content (AvgIpc) is 2.67. The molecular formula is C9H11BrClN. The summed E-state index contributed by atoms with van der Waals surface area (Å²) in [5, 5.41) is 0. The van der Waals surface area contributed by atoms with Crippen LogP contribution in [0.5, 0.6) is 0 Å². The minimum Gasteiger partial charge on any atom is -0.327 e. The molecule has 1 aromatic rings. The lowest BCUT2D eigenvalue weighted by Gasteiger charge is -1.97. The highest BCUT2D eigenvalue weighted by atomic mass is 79.9. The molecule has 0 amide bonds. The molecule has 12 heavy (non-hydrogen) atoms. The summed E-state index contributed by atoms with van der Waals surface area (Å²) in [6.07, 6.45) is 1.15. The predicted octanol–water partition coefficient (Wildman–Crippen LogP) is 2.69.